The van der Waals surface area contributed by atoms with Gasteiger partial charge in [-0.3, -0.25) is 0 Å². The number of fused-ring (bicyclic) bond motifs is 1. The van der Waals surface area contributed by atoms with Crippen molar-refractivity contribution in [2.75, 3.05) is 0 Å². The fraction of sp³-hybridized carbons (Fsp3) is 0.179. The molecule has 30 heavy (non-hydrogen) atoms. The fourth-order valence-electron chi connectivity index (χ4n) is 3.93. The minimum absolute atomic E-state index is 0.0526. The predicted octanol–water partition coefficient (Wildman–Crippen LogP) is 4.87. The van der Waals surface area contributed by atoms with Crippen LogP contribution in [0.5, 0.6) is 0 Å². The Morgan fingerprint density at radius 2 is 1.70 bits per heavy atom. The van der Waals surface area contributed by atoms with E-state index in [2.05, 4.69) is 75.1 Å². The summed E-state index contributed by atoms with van der Waals surface area (Å²) in [6.07, 6.45) is 3.29. The summed E-state index contributed by atoms with van der Waals surface area (Å²) in [6, 6.07) is 21.6. The zero-order chi connectivity index (χ0) is 21.3. The summed E-state index contributed by atoms with van der Waals surface area (Å²) < 4.78 is 0. The highest BCUT2D eigenvalue weighted by molar-refractivity contribution is 5.89. The number of aryl methyl sites for hydroxylation is 1. The summed E-state index contributed by atoms with van der Waals surface area (Å²) in [7, 11) is 0. The van der Waals surface area contributed by atoms with E-state index in [9.17, 15) is 9.90 Å². The summed E-state index contributed by atoms with van der Waals surface area (Å²) in [5, 5.41) is 11.3. The van der Waals surface area contributed by atoms with Crippen molar-refractivity contribution in [1.29, 1.82) is 0 Å². The van der Waals surface area contributed by atoms with E-state index in [-0.39, 0.29) is 11.0 Å². The van der Waals surface area contributed by atoms with Gasteiger partial charge < -0.3 is 9.90 Å². The zero-order valence-corrected chi connectivity index (χ0v) is 17.5. The first-order valence-electron chi connectivity index (χ1n) is 10.1. The van der Waals surface area contributed by atoms with Crippen LogP contribution in [0.2, 0.25) is 0 Å². The minimum Gasteiger partial charge on any atom is -0.545 e. The van der Waals surface area contributed by atoms with Gasteiger partial charge in [-0.05, 0) is 59.2 Å². The third-order valence-corrected chi connectivity index (χ3v) is 5.71. The molecule has 0 spiro atoms. The number of hydrogen-bond donors (Lipinski definition) is 0. The van der Waals surface area contributed by atoms with Crippen LogP contribution in [-0.4, -0.2) is 5.97 Å². The molecule has 0 aliphatic heterocycles. The number of carbonyl (C=O) groups is 1. The number of rotatable bonds is 2. The van der Waals surface area contributed by atoms with Gasteiger partial charge in [0.25, 0.3) is 0 Å². The number of benzene rings is 3. The topological polar surface area (TPSA) is 40.1 Å². The number of allylic oxidation sites excluding steroid dienone is 1. The van der Waals surface area contributed by atoms with E-state index in [0.29, 0.717) is 5.56 Å². The van der Waals surface area contributed by atoms with E-state index in [1.165, 1.54) is 33.9 Å². The second-order valence-corrected chi connectivity index (χ2v) is 8.42. The minimum atomic E-state index is -1.21. The van der Waals surface area contributed by atoms with Gasteiger partial charge in [-0.2, -0.15) is 0 Å². The first kappa shape index (κ1) is 19.7. The molecule has 1 aliphatic rings. The molecule has 0 N–H and O–H groups in total. The van der Waals surface area contributed by atoms with Gasteiger partial charge >= 0.3 is 0 Å². The van der Waals surface area contributed by atoms with E-state index in [1.807, 2.05) is 6.07 Å². The van der Waals surface area contributed by atoms with Crippen molar-refractivity contribution in [3.8, 4) is 11.8 Å². The Morgan fingerprint density at radius 3 is 2.43 bits per heavy atom. The average molecular weight is 391 g/mol. The second-order valence-electron chi connectivity index (χ2n) is 8.42. The zero-order valence-electron chi connectivity index (χ0n) is 17.5. The van der Waals surface area contributed by atoms with Crippen LogP contribution < -0.4 is 5.11 Å². The highest BCUT2D eigenvalue weighted by Crippen LogP contribution is 2.41. The van der Waals surface area contributed by atoms with Gasteiger partial charge in [0.2, 0.25) is 0 Å². The first-order chi connectivity index (χ1) is 14.3. The maximum Gasteiger partial charge on any atom is 0.0727 e. The van der Waals surface area contributed by atoms with Gasteiger partial charge in [-0.25, -0.2) is 0 Å². The lowest BCUT2D eigenvalue weighted by atomic mass is 9.72. The Kier molecular flexibility index (Phi) is 5.06. The van der Waals surface area contributed by atoms with Gasteiger partial charge in [0.05, 0.1) is 5.97 Å². The molecule has 148 valence electrons. The summed E-state index contributed by atoms with van der Waals surface area (Å²) in [5.74, 6) is 4.95. The lowest BCUT2D eigenvalue weighted by Crippen LogP contribution is -2.23. The molecule has 0 heterocycles. The van der Waals surface area contributed by atoms with Crippen molar-refractivity contribution >= 4 is 11.5 Å². The smallest absolute Gasteiger partial charge is 0.0727 e. The maximum absolute atomic E-state index is 11.3. The molecule has 0 amide bonds. The van der Waals surface area contributed by atoms with Gasteiger partial charge in [0.1, 0.15) is 0 Å². The molecule has 0 saturated heterocycles. The third-order valence-electron chi connectivity index (χ3n) is 5.71. The molecule has 3 aromatic rings. The molecule has 4 rings (SSSR count). The number of carbonyl (C=O) groups excluding carboxylic acids is 1. The predicted molar refractivity (Wildman–Crippen MR) is 119 cm³/mol. The second kappa shape index (κ2) is 7.69. The Balaban J connectivity index is 1.79. The third kappa shape index (κ3) is 3.80. The van der Waals surface area contributed by atoms with E-state index >= 15 is 0 Å². The van der Waals surface area contributed by atoms with Crippen molar-refractivity contribution in [3.05, 3.63) is 112 Å². The van der Waals surface area contributed by atoms with E-state index < -0.39 is 5.97 Å². The molecule has 0 aromatic heterocycles. The van der Waals surface area contributed by atoms with Crippen molar-refractivity contribution in [1.82, 2.24) is 0 Å². The Morgan fingerprint density at radius 1 is 0.967 bits per heavy atom. The van der Waals surface area contributed by atoms with Crippen LogP contribution in [-0.2, 0) is 5.41 Å². The quantitative estimate of drug-likeness (QED) is 0.585. The van der Waals surface area contributed by atoms with E-state index in [4.69, 9.17) is 0 Å². The SMILES string of the molecule is Cc1ccc(C2=CCC(C)(C)c3ccc(C#Cc4ccccc4C(=O)[O-])cc32)cc1. The van der Waals surface area contributed by atoms with Crippen LogP contribution in [0.15, 0.2) is 72.8 Å². The normalized spacial score (nSPS) is 14.2. The number of aromatic carboxylic acids is 1. The molecule has 0 atom stereocenters. The average Bonchev–Trinajstić information content (AvgIpc) is 2.73. The summed E-state index contributed by atoms with van der Waals surface area (Å²) >= 11 is 0. The number of carboxylic acids is 1. The van der Waals surface area contributed by atoms with Crippen molar-refractivity contribution in [3.63, 3.8) is 0 Å². The molecule has 2 heteroatoms. The highest BCUT2D eigenvalue weighted by atomic mass is 16.4. The molecule has 0 radical (unpaired) electrons. The molecular formula is C28H23O2-. The number of hydrogen-bond acceptors (Lipinski definition) is 2. The Bertz CT molecular complexity index is 1220. The molecule has 0 bridgehead atoms. The van der Waals surface area contributed by atoms with Gasteiger partial charge in [-0.15, -0.1) is 0 Å². The number of carboxylic acid groups (broad SMARTS) is 1. The highest BCUT2D eigenvalue weighted by Gasteiger charge is 2.28. The van der Waals surface area contributed by atoms with Crippen LogP contribution in [0.25, 0.3) is 5.57 Å². The maximum atomic E-state index is 11.3. The van der Waals surface area contributed by atoms with Gasteiger partial charge in [0.15, 0.2) is 0 Å². The van der Waals surface area contributed by atoms with Crippen LogP contribution in [0, 0.1) is 18.8 Å². The molecule has 1 aliphatic carbocycles. The summed E-state index contributed by atoms with van der Waals surface area (Å²) in [6.45, 7) is 6.61. The lowest BCUT2D eigenvalue weighted by molar-refractivity contribution is -0.255. The summed E-state index contributed by atoms with van der Waals surface area (Å²) in [4.78, 5) is 11.3. The lowest BCUT2D eigenvalue weighted by Gasteiger charge is -2.32. The van der Waals surface area contributed by atoms with Crippen LogP contribution in [0.3, 0.4) is 0 Å². The molecular weight excluding hydrogens is 368 g/mol. The van der Waals surface area contributed by atoms with Gasteiger partial charge in [0, 0.05) is 16.7 Å². The summed E-state index contributed by atoms with van der Waals surface area (Å²) in [5.41, 5.74) is 7.65. The molecule has 0 saturated carbocycles. The first-order valence-corrected chi connectivity index (χ1v) is 10.1. The molecule has 2 nitrogen and oxygen atoms in total. The largest absolute Gasteiger partial charge is 0.545 e. The monoisotopic (exact) mass is 391 g/mol. The fourth-order valence-corrected chi connectivity index (χ4v) is 3.93. The molecule has 0 unspecified atom stereocenters. The molecule has 0 fully saturated rings. The van der Waals surface area contributed by atoms with Crippen LogP contribution in [0.4, 0.5) is 0 Å². The van der Waals surface area contributed by atoms with Crippen LogP contribution in [0.1, 0.15) is 64.0 Å². The van der Waals surface area contributed by atoms with Crippen LogP contribution >= 0.6 is 0 Å². The van der Waals surface area contributed by atoms with E-state index in [1.54, 1.807) is 18.2 Å². The van der Waals surface area contributed by atoms with Crippen molar-refractivity contribution in [2.24, 2.45) is 0 Å². The standard InChI is InChI=1S/C28H24O2/c1-19-8-12-22(13-9-19)23-16-17-28(2,3)26-15-11-20(18-25(23)26)10-14-21-6-4-5-7-24(21)27(29)30/h4-9,11-13,15-16,18H,17H2,1-3H3,(H,29,30)/p-1. The van der Waals surface area contributed by atoms with Crippen molar-refractivity contribution in [2.45, 2.75) is 32.6 Å². The Hall–Kier alpha value is -3.57. The van der Waals surface area contributed by atoms with E-state index in [0.717, 1.165) is 12.0 Å². The van der Waals surface area contributed by atoms with Crippen molar-refractivity contribution < 1.29 is 9.90 Å². The molecule has 3 aromatic carbocycles. The van der Waals surface area contributed by atoms with Gasteiger partial charge in [-0.1, -0.05) is 85.9 Å². The Labute approximate surface area is 177 Å².